The zero-order valence-electron chi connectivity index (χ0n) is 18.1. The first-order chi connectivity index (χ1) is 16.9. The van der Waals surface area contributed by atoms with Crippen LogP contribution in [0.3, 0.4) is 0 Å². The maximum absolute atomic E-state index is 13.6. The highest BCUT2D eigenvalue weighted by Gasteiger charge is 2.67. The number of ketones is 1. The molecule has 2 aromatic carbocycles. The molecule has 0 aliphatic heterocycles. The van der Waals surface area contributed by atoms with Crippen molar-refractivity contribution in [2.24, 2.45) is 5.92 Å². The molecule has 0 spiro atoms. The molecule has 2 atom stereocenters. The van der Waals surface area contributed by atoms with E-state index in [-0.39, 0.29) is 28.3 Å². The molecule has 1 heterocycles. The fourth-order valence-corrected chi connectivity index (χ4v) is 5.51. The summed E-state index contributed by atoms with van der Waals surface area (Å²) in [7, 11) is 0. The van der Waals surface area contributed by atoms with E-state index in [9.17, 15) is 18.4 Å². The van der Waals surface area contributed by atoms with E-state index in [0.29, 0.717) is 15.6 Å². The molecule has 0 saturated heterocycles. The fraction of sp³-hybridized carbons (Fsp3) is 0.160. The number of rotatable bonds is 7. The molecule has 36 heavy (non-hydrogen) atoms. The summed E-state index contributed by atoms with van der Waals surface area (Å²) in [6.07, 6.45) is 0.881. The van der Waals surface area contributed by atoms with Gasteiger partial charge in [0.05, 0.1) is 16.5 Å². The predicted octanol–water partition coefficient (Wildman–Crippen LogP) is 8.07. The van der Waals surface area contributed by atoms with Crippen LogP contribution >= 0.6 is 58.0 Å². The van der Waals surface area contributed by atoms with Crippen LogP contribution in [0.4, 0.5) is 14.5 Å². The number of alkyl halides is 2. The van der Waals surface area contributed by atoms with E-state index < -0.39 is 45.2 Å². The van der Waals surface area contributed by atoms with Crippen LogP contribution in [0.5, 0.6) is 0 Å². The number of nitrogens with zero attached hydrogens (tertiary/aromatic N) is 1. The molecule has 1 fully saturated rings. The molecule has 1 aliphatic carbocycles. The molecule has 0 bridgehead atoms. The van der Waals surface area contributed by atoms with Gasteiger partial charge in [-0.3, -0.25) is 9.59 Å². The largest absolute Gasteiger partial charge is 0.326 e. The van der Waals surface area contributed by atoms with Crippen LogP contribution in [-0.4, -0.2) is 21.0 Å². The van der Waals surface area contributed by atoms with Gasteiger partial charge < -0.3 is 5.32 Å². The Labute approximate surface area is 230 Å². The van der Waals surface area contributed by atoms with E-state index in [2.05, 4.69) is 16.9 Å². The Balaban J connectivity index is 1.51. The van der Waals surface area contributed by atoms with Crippen molar-refractivity contribution in [3.63, 3.8) is 0 Å². The number of carbonyl (C=O) groups is 2. The first kappa shape index (κ1) is 26.8. The summed E-state index contributed by atoms with van der Waals surface area (Å²) >= 11 is 31.1. The number of nitrogens with one attached hydrogen (secondary N) is 1. The van der Waals surface area contributed by atoms with Gasteiger partial charge in [0.15, 0.2) is 5.78 Å². The molecule has 1 amide bonds. The van der Waals surface area contributed by atoms with Gasteiger partial charge in [-0.2, -0.15) is 4.39 Å². The molecular weight excluding hydrogens is 576 g/mol. The minimum absolute atomic E-state index is 0.0939. The molecule has 186 valence electrons. The summed E-state index contributed by atoms with van der Waals surface area (Å²) in [5.41, 5.74) is 0.819. The minimum Gasteiger partial charge on any atom is -0.326 e. The summed E-state index contributed by atoms with van der Waals surface area (Å²) in [5.74, 6) is -4.32. The van der Waals surface area contributed by atoms with Crippen LogP contribution in [0.15, 0.2) is 55.2 Å². The summed E-state index contributed by atoms with van der Waals surface area (Å²) < 4.78 is 25.7. The second kappa shape index (κ2) is 10.3. The Morgan fingerprint density at radius 1 is 1.03 bits per heavy atom. The van der Waals surface area contributed by atoms with E-state index in [4.69, 9.17) is 58.0 Å². The molecule has 4 nitrogen and oxygen atoms in total. The zero-order chi connectivity index (χ0) is 26.4. The number of Topliss-reactive ketones (excluding diaryl/α,β-unsaturated/α-hetero) is 1. The second-order valence-electron chi connectivity index (χ2n) is 8.20. The van der Waals surface area contributed by atoms with Crippen LogP contribution < -0.4 is 5.32 Å². The monoisotopic (exact) mass is 588 g/mol. The zero-order valence-corrected chi connectivity index (χ0v) is 21.9. The van der Waals surface area contributed by atoms with Crippen LogP contribution in [-0.2, 0) is 11.2 Å². The number of pyridine rings is 1. The van der Waals surface area contributed by atoms with Crippen molar-refractivity contribution in [1.82, 2.24) is 4.98 Å². The van der Waals surface area contributed by atoms with E-state index in [0.717, 1.165) is 12.3 Å². The molecule has 11 heteroatoms. The first-order valence-electron chi connectivity index (χ1n) is 10.3. The lowest BCUT2D eigenvalue weighted by atomic mass is 10.0. The first-order valence-corrected chi connectivity index (χ1v) is 12.2. The van der Waals surface area contributed by atoms with Crippen molar-refractivity contribution in [2.45, 2.75) is 16.7 Å². The standard InChI is InChI=1S/C25H15Cl5F2N2O2/c1-11(31)17-4-12(10-33-23(17)32)5-20(35)18-9-16(2-3-19(18)28)34-24(36)22-21(25(22,29)30)13-6-14(26)8-15(27)7-13/h2-4,6-10,21-22H,1,5H2,(H,34,36). The number of carbonyl (C=O) groups excluding carboxylic acids is 2. The van der Waals surface area contributed by atoms with Crippen LogP contribution in [0, 0.1) is 11.9 Å². The van der Waals surface area contributed by atoms with E-state index in [1.165, 1.54) is 18.2 Å². The number of anilines is 1. The highest BCUT2D eigenvalue weighted by molar-refractivity contribution is 6.53. The highest BCUT2D eigenvalue weighted by Crippen LogP contribution is 2.65. The van der Waals surface area contributed by atoms with Gasteiger partial charge in [-0.25, -0.2) is 9.37 Å². The average Bonchev–Trinajstić information content (AvgIpc) is 3.37. The van der Waals surface area contributed by atoms with Crippen LogP contribution in [0.2, 0.25) is 15.1 Å². The number of benzene rings is 2. The number of hydrogen-bond donors (Lipinski definition) is 1. The van der Waals surface area contributed by atoms with Gasteiger partial charge in [0.1, 0.15) is 10.2 Å². The molecule has 3 aromatic rings. The summed E-state index contributed by atoms with van der Waals surface area (Å²) in [6, 6.07) is 10.3. The molecule has 4 rings (SSSR count). The average molecular weight is 591 g/mol. The maximum Gasteiger partial charge on any atom is 0.231 e. The van der Waals surface area contributed by atoms with Gasteiger partial charge in [-0.1, -0.05) is 41.4 Å². The fourth-order valence-electron chi connectivity index (χ4n) is 3.92. The van der Waals surface area contributed by atoms with Crippen molar-refractivity contribution in [2.75, 3.05) is 5.32 Å². The van der Waals surface area contributed by atoms with Crippen molar-refractivity contribution in [1.29, 1.82) is 0 Å². The van der Waals surface area contributed by atoms with E-state index in [1.54, 1.807) is 18.2 Å². The molecule has 0 radical (unpaired) electrons. The minimum atomic E-state index is -1.38. The van der Waals surface area contributed by atoms with Crippen LogP contribution in [0.25, 0.3) is 5.83 Å². The third-order valence-electron chi connectivity index (χ3n) is 5.67. The third-order valence-corrected chi connectivity index (χ3v) is 7.37. The highest BCUT2D eigenvalue weighted by atomic mass is 35.5. The SMILES string of the molecule is C=C(F)c1cc(CC(=O)c2cc(NC(=O)C3C(c4cc(Cl)cc(Cl)c4)C3(Cl)Cl)ccc2Cl)cnc1F. The van der Waals surface area contributed by atoms with Gasteiger partial charge in [0.25, 0.3) is 0 Å². The molecular formula is C25H15Cl5F2N2O2. The topological polar surface area (TPSA) is 59.1 Å². The van der Waals surface area contributed by atoms with Gasteiger partial charge in [-0.05, 0) is 53.6 Å². The van der Waals surface area contributed by atoms with Gasteiger partial charge in [0, 0.05) is 39.8 Å². The lowest BCUT2D eigenvalue weighted by Gasteiger charge is -2.10. The summed E-state index contributed by atoms with van der Waals surface area (Å²) in [6.45, 7) is 3.06. The predicted molar refractivity (Wildman–Crippen MR) is 140 cm³/mol. The molecule has 1 aliphatic rings. The van der Waals surface area contributed by atoms with Gasteiger partial charge >= 0.3 is 0 Å². The van der Waals surface area contributed by atoms with Crippen molar-refractivity contribution in [3.8, 4) is 0 Å². The Morgan fingerprint density at radius 2 is 1.69 bits per heavy atom. The van der Waals surface area contributed by atoms with Crippen molar-refractivity contribution in [3.05, 3.63) is 98.5 Å². The number of halogens is 7. The lowest BCUT2D eigenvalue weighted by Crippen LogP contribution is -2.17. The van der Waals surface area contributed by atoms with Gasteiger partial charge in [0.2, 0.25) is 11.9 Å². The Kier molecular flexibility index (Phi) is 7.65. The Morgan fingerprint density at radius 3 is 2.33 bits per heavy atom. The van der Waals surface area contributed by atoms with Crippen LogP contribution in [0.1, 0.15) is 33.0 Å². The number of aromatic nitrogens is 1. The number of amides is 1. The molecule has 1 aromatic heterocycles. The second-order valence-corrected chi connectivity index (χ2v) is 10.9. The van der Waals surface area contributed by atoms with E-state index >= 15 is 0 Å². The lowest BCUT2D eigenvalue weighted by molar-refractivity contribution is -0.117. The van der Waals surface area contributed by atoms with Gasteiger partial charge in [-0.15, -0.1) is 23.2 Å². The molecule has 1 N–H and O–H groups in total. The Bertz CT molecular complexity index is 1390. The maximum atomic E-state index is 13.6. The Hall–Kier alpha value is -2.22. The third kappa shape index (κ3) is 5.53. The number of hydrogen-bond acceptors (Lipinski definition) is 3. The quantitative estimate of drug-likeness (QED) is 0.172. The smallest absolute Gasteiger partial charge is 0.231 e. The van der Waals surface area contributed by atoms with Crippen molar-refractivity contribution >= 4 is 81.2 Å². The molecule has 1 saturated carbocycles. The van der Waals surface area contributed by atoms with Crippen molar-refractivity contribution < 1.29 is 18.4 Å². The van der Waals surface area contributed by atoms with E-state index in [1.807, 2.05) is 0 Å². The summed E-state index contributed by atoms with van der Waals surface area (Å²) in [5, 5.41) is 3.59. The normalized spacial score (nSPS) is 18.0. The summed E-state index contributed by atoms with van der Waals surface area (Å²) in [4.78, 5) is 29.3. The molecule has 2 unspecified atom stereocenters.